The number of likely N-dealkylation sites (tertiary alicyclic amines) is 1. The van der Waals surface area contributed by atoms with Gasteiger partial charge in [0.05, 0.1) is 18.2 Å². The number of carbonyl (C=O) groups is 1. The van der Waals surface area contributed by atoms with Crippen LogP contribution >= 0.6 is 0 Å². The molecule has 1 atom stereocenters. The fourth-order valence-electron chi connectivity index (χ4n) is 2.58. The van der Waals surface area contributed by atoms with Gasteiger partial charge in [-0.25, -0.2) is 8.78 Å². The van der Waals surface area contributed by atoms with Gasteiger partial charge in [-0.05, 0) is 44.0 Å². The molecule has 2 rings (SSSR count). The molecule has 1 aliphatic rings. The van der Waals surface area contributed by atoms with Crippen molar-refractivity contribution in [3.8, 4) is 0 Å². The smallest absolute Gasteiger partial charge is 0.179 e. The Morgan fingerprint density at radius 3 is 3.00 bits per heavy atom. The number of nitrogens with zero attached hydrogens (tertiary/aromatic N) is 1. The zero-order chi connectivity index (χ0) is 15.2. The highest BCUT2D eigenvalue weighted by molar-refractivity contribution is 5.97. The molecule has 1 fully saturated rings. The van der Waals surface area contributed by atoms with Gasteiger partial charge in [0, 0.05) is 13.2 Å². The maximum atomic E-state index is 13.6. The van der Waals surface area contributed by atoms with Crippen molar-refractivity contribution in [1.82, 2.24) is 4.90 Å². The third kappa shape index (κ3) is 4.58. The predicted molar refractivity (Wildman–Crippen MR) is 76.4 cm³/mol. The van der Waals surface area contributed by atoms with Gasteiger partial charge in [-0.2, -0.15) is 0 Å². The van der Waals surface area contributed by atoms with Crippen LogP contribution in [0.5, 0.6) is 0 Å². The van der Waals surface area contributed by atoms with E-state index in [4.69, 9.17) is 4.74 Å². The molecule has 1 saturated heterocycles. The van der Waals surface area contributed by atoms with E-state index >= 15 is 0 Å². The van der Waals surface area contributed by atoms with E-state index in [1.807, 2.05) is 4.90 Å². The van der Waals surface area contributed by atoms with Crippen molar-refractivity contribution in [2.24, 2.45) is 0 Å². The van der Waals surface area contributed by atoms with E-state index in [0.717, 1.165) is 44.0 Å². The Balaban J connectivity index is 1.94. The van der Waals surface area contributed by atoms with Crippen molar-refractivity contribution in [3.63, 3.8) is 0 Å². The number of Topliss-reactive ketones (excluding diaryl/α,β-unsaturated/α-hetero) is 1. The predicted octanol–water partition coefficient (Wildman–Crippen LogP) is 3.04. The summed E-state index contributed by atoms with van der Waals surface area (Å²) in [6.07, 6.45) is 3.03. The SMILES string of the molecule is CCCOC1CCCN(CC(=O)c2cc(F)ccc2F)C1. The van der Waals surface area contributed by atoms with E-state index < -0.39 is 11.6 Å². The molecule has 0 radical (unpaired) electrons. The lowest BCUT2D eigenvalue weighted by molar-refractivity contribution is 0.00128. The van der Waals surface area contributed by atoms with E-state index in [0.29, 0.717) is 13.2 Å². The molecule has 0 bridgehead atoms. The summed E-state index contributed by atoms with van der Waals surface area (Å²) in [4.78, 5) is 14.1. The highest BCUT2D eigenvalue weighted by Crippen LogP contribution is 2.16. The number of halogens is 2. The number of ketones is 1. The van der Waals surface area contributed by atoms with Crippen LogP contribution in [0.15, 0.2) is 18.2 Å². The Labute approximate surface area is 123 Å². The first kappa shape index (κ1) is 16.0. The number of rotatable bonds is 6. The standard InChI is InChI=1S/C16H21F2NO2/c1-2-8-21-13-4-3-7-19(10-13)11-16(20)14-9-12(17)5-6-15(14)18/h5-6,9,13H,2-4,7-8,10-11H2,1H3. The molecule has 1 aromatic rings. The number of benzene rings is 1. The number of hydrogen-bond acceptors (Lipinski definition) is 3. The minimum absolute atomic E-state index is 0.104. The average molecular weight is 297 g/mol. The molecule has 0 amide bonds. The highest BCUT2D eigenvalue weighted by atomic mass is 19.1. The number of piperidine rings is 1. The summed E-state index contributed by atoms with van der Waals surface area (Å²) >= 11 is 0. The summed E-state index contributed by atoms with van der Waals surface area (Å²) in [6, 6.07) is 2.97. The molecule has 1 aromatic carbocycles. The molecule has 0 saturated carbocycles. The molecule has 0 N–H and O–H groups in total. The zero-order valence-electron chi connectivity index (χ0n) is 12.3. The fourth-order valence-corrected chi connectivity index (χ4v) is 2.58. The third-order valence-electron chi connectivity index (χ3n) is 3.62. The molecule has 3 nitrogen and oxygen atoms in total. The summed E-state index contributed by atoms with van der Waals surface area (Å²) in [7, 11) is 0. The first-order valence-electron chi connectivity index (χ1n) is 7.42. The summed E-state index contributed by atoms with van der Waals surface area (Å²) in [5.74, 6) is -1.65. The van der Waals surface area contributed by atoms with E-state index in [9.17, 15) is 13.6 Å². The monoisotopic (exact) mass is 297 g/mol. The van der Waals surface area contributed by atoms with Crippen LogP contribution in [0.2, 0.25) is 0 Å². The van der Waals surface area contributed by atoms with Crippen LogP contribution < -0.4 is 0 Å². The number of hydrogen-bond donors (Lipinski definition) is 0. The second-order valence-corrected chi connectivity index (χ2v) is 5.42. The largest absolute Gasteiger partial charge is 0.377 e. The molecular weight excluding hydrogens is 276 g/mol. The van der Waals surface area contributed by atoms with Crippen LogP contribution in [0.4, 0.5) is 8.78 Å². The summed E-state index contributed by atoms with van der Waals surface area (Å²) < 4.78 is 32.4. The Morgan fingerprint density at radius 2 is 2.24 bits per heavy atom. The molecule has 1 aliphatic heterocycles. The first-order chi connectivity index (χ1) is 10.1. The molecule has 21 heavy (non-hydrogen) atoms. The molecular formula is C16H21F2NO2. The molecule has 0 spiro atoms. The summed E-state index contributed by atoms with van der Waals surface area (Å²) in [6.45, 7) is 4.32. The Bertz CT molecular complexity index is 493. The van der Waals surface area contributed by atoms with Crippen molar-refractivity contribution in [2.75, 3.05) is 26.2 Å². The Kier molecular flexibility index (Phi) is 5.82. The minimum Gasteiger partial charge on any atom is -0.377 e. The Hall–Kier alpha value is -1.33. The van der Waals surface area contributed by atoms with Crippen LogP contribution in [-0.4, -0.2) is 43.0 Å². The number of ether oxygens (including phenoxy) is 1. The van der Waals surface area contributed by atoms with Crippen molar-refractivity contribution < 1.29 is 18.3 Å². The van der Waals surface area contributed by atoms with Crippen LogP contribution in [0.25, 0.3) is 0 Å². The van der Waals surface area contributed by atoms with E-state index in [1.54, 1.807) is 0 Å². The molecule has 1 heterocycles. The van der Waals surface area contributed by atoms with Gasteiger partial charge in [0.2, 0.25) is 0 Å². The second-order valence-electron chi connectivity index (χ2n) is 5.42. The van der Waals surface area contributed by atoms with Crippen molar-refractivity contribution in [3.05, 3.63) is 35.4 Å². The van der Waals surface area contributed by atoms with Gasteiger partial charge in [0.15, 0.2) is 5.78 Å². The topological polar surface area (TPSA) is 29.5 Å². The maximum absolute atomic E-state index is 13.6. The van der Waals surface area contributed by atoms with Gasteiger partial charge in [0.1, 0.15) is 11.6 Å². The summed E-state index contributed by atoms with van der Waals surface area (Å²) in [5.41, 5.74) is -0.174. The van der Waals surface area contributed by atoms with Crippen LogP contribution in [0.1, 0.15) is 36.5 Å². The van der Waals surface area contributed by atoms with Gasteiger partial charge < -0.3 is 4.74 Å². The maximum Gasteiger partial charge on any atom is 0.179 e. The fraction of sp³-hybridized carbons (Fsp3) is 0.562. The van der Waals surface area contributed by atoms with Gasteiger partial charge in [-0.1, -0.05) is 6.92 Å². The van der Waals surface area contributed by atoms with E-state index in [1.165, 1.54) is 0 Å². The van der Waals surface area contributed by atoms with E-state index in [2.05, 4.69) is 6.92 Å². The van der Waals surface area contributed by atoms with Crippen molar-refractivity contribution >= 4 is 5.78 Å². The minimum atomic E-state index is -0.669. The van der Waals surface area contributed by atoms with Crippen LogP contribution in [0, 0.1) is 11.6 Å². The van der Waals surface area contributed by atoms with Crippen molar-refractivity contribution in [1.29, 1.82) is 0 Å². The normalized spacial score (nSPS) is 19.7. The van der Waals surface area contributed by atoms with Gasteiger partial charge in [-0.3, -0.25) is 9.69 Å². The summed E-state index contributed by atoms with van der Waals surface area (Å²) in [5, 5.41) is 0. The van der Waals surface area contributed by atoms with Gasteiger partial charge in [-0.15, -0.1) is 0 Å². The lowest BCUT2D eigenvalue weighted by Gasteiger charge is -2.32. The van der Waals surface area contributed by atoms with Gasteiger partial charge in [0.25, 0.3) is 0 Å². The molecule has 0 aliphatic carbocycles. The van der Waals surface area contributed by atoms with E-state index in [-0.39, 0.29) is 24.0 Å². The molecule has 0 aromatic heterocycles. The third-order valence-corrected chi connectivity index (χ3v) is 3.62. The molecule has 5 heteroatoms. The van der Waals surface area contributed by atoms with Crippen LogP contribution in [0.3, 0.4) is 0 Å². The zero-order valence-corrected chi connectivity index (χ0v) is 12.3. The number of carbonyl (C=O) groups excluding carboxylic acids is 1. The lowest BCUT2D eigenvalue weighted by Crippen LogP contribution is -2.42. The van der Waals surface area contributed by atoms with Crippen molar-refractivity contribution in [2.45, 2.75) is 32.3 Å². The van der Waals surface area contributed by atoms with Gasteiger partial charge >= 0.3 is 0 Å². The van der Waals surface area contributed by atoms with Crippen LogP contribution in [-0.2, 0) is 4.74 Å². The molecule has 1 unspecified atom stereocenters. The second kappa shape index (κ2) is 7.61. The lowest BCUT2D eigenvalue weighted by atomic mass is 10.1. The quantitative estimate of drug-likeness (QED) is 0.756. The highest BCUT2D eigenvalue weighted by Gasteiger charge is 2.23. The Morgan fingerprint density at radius 1 is 1.43 bits per heavy atom. The molecule has 116 valence electrons. The average Bonchev–Trinajstić information content (AvgIpc) is 2.48. The first-order valence-corrected chi connectivity index (χ1v) is 7.42.